The summed E-state index contributed by atoms with van der Waals surface area (Å²) < 4.78 is 40.2. The molecule has 2 atom stereocenters. The summed E-state index contributed by atoms with van der Waals surface area (Å²) in [5, 5.41) is 1.71. The second-order valence-corrected chi connectivity index (χ2v) is 7.22. The van der Waals surface area contributed by atoms with E-state index < -0.39 is 36.4 Å². The molecule has 1 fully saturated rings. The lowest BCUT2D eigenvalue weighted by Crippen LogP contribution is -2.53. The molecular weight excluding hydrogens is 385 g/mol. The summed E-state index contributed by atoms with van der Waals surface area (Å²) in [5.74, 6) is -1.84. The average molecular weight is 404 g/mol. The number of anilines is 1. The third-order valence-corrected chi connectivity index (χ3v) is 5.55. The lowest BCUT2D eigenvalue weighted by molar-refractivity contribution is -0.274. The summed E-state index contributed by atoms with van der Waals surface area (Å²) >= 11 is 1.31. The number of benzene rings is 1. The van der Waals surface area contributed by atoms with Gasteiger partial charge in [0, 0.05) is 5.69 Å². The molecule has 1 saturated heterocycles. The number of amides is 3. The van der Waals surface area contributed by atoms with Gasteiger partial charge in [0.15, 0.2) is 0 Å². The van der Waals surface area contributed by atoms with Gasteiger partial charge in [0.1, 0.15) is 12.3 Å². The van der Waals surface area contributed by atoms with Crippen LogP contribution in [0.15, 0.2) is 24.3 Å². The van der Waals surface area contributed by atoms with Crippen LogP contribution in [0.25, 0.3) is 0 Å². The first-order valence-electron chi connectivity index (χ1n) is 8.31. The molecule has 0 spiro atoms. The molecule has 3 amide bonds. The second-order valence-electron chi connectivity index (χ2n) is 5.81. The van der Waals surface area contributed by atoms with Crippen molar-refractivity contribution in [1.29, 1.82) is 0 Å². The van der Waals surface area contributed by atoms with Crippen molar-refractivity contribution in [2.45, 2.75) is 43.6 Å². The largest absolute Gasteiger partial charge is 0.573 e. The van der Waals surface area contributed by atoms with Crippen LogP contribution in [0.3, 0.4) is 0 Å². The fourth-order valence-corrected chi connectivity index (χ4v) is 3.82. The molecule has 1 aromatic rings. The lowest BCUT2D eigenvalue weighted by atomic mass is 10.2. The predicted molar refractivity (Wildman–Crippen MR) is 94.2 cm³/mol. The zero-order valence-electron chi connectivity index (χ0n) is 14.7. The molecule has 10 heteroatoms. The Balaban J connectivity index is 2.01. The van der Waals surface area contributed by atoms with Crippen molar-refractivity contribution >= 4 is 35.2 Å². The highest BCUT2D eigenvalue weighted by atomic mass is 32.2. The number of thioether (sulfide) groups is 1. The minimum atomic E-state index is -4.80. The van der Waals surface area contributed by atoms with Gasteiger partial charge >= 0.3 is 6.36 Å². The second kappa shape index (κ2) is 8.64. The van der Waals surface area contributed by atoms with Gasteiger partial charge in [0.2, 0.25) is 17.7 Å². The van der Waals surface area contributed by atoms with Crippen LogP contribution in [0.1, 0.15) is 26.7 Å². The predicted octanol–water partition coefficient (Wildman–Crippen LogP) is 3.18. The van der Waals surface area contributed by atoms with Gasteiger partial charge in [0.05, 0.1) is 10.5 Å². The zero-order valence-corrected chi connectivity index (χ0v) is 15.5. The Labute approximate surface area is 158 Å². The molecule has 1 aliphatic rings. The van der Waals surface area contributed by atoms with E-state index in [4.69, 9.17) is 0 Å². The quantitative estimate of drug-likeness (QED) is 0.737. The number of carbonyl (C=O) groups is 3. The first-order valence-corrected chi connectivity index (χ1v) is 9.25. The Morgan fingerprint density at radius 1 is 1.11 bits per heavy atom. The van der Waals surface area contributed by atoms with E-state index in [1.807, 2.05) is 13.8 Å². The molecule has 1 aliphatic heterocycles. The Kier molecular flexibility index (Phi) is 6.74. The number of alkyl halides is 3. The van der Waals surface area contributed by atoms with E-state index in [-0.39, 0.29) is 16.2 Å². The Morgan fingerprint density at radius 2 is 1.63 bits per heavy atom. The Morgan fingerprint density at radius 3 is 2.07 bits per heavy atom. The SMILES string of the molecule is CC[C@@H]1S[C@H](CC)C(=O)N(CC(=O)Nc2ccc(OC(F)(F)F)cc2)C1=O. The first-order chi connectivity index (χ1) is 12.6. The normalized spacial score (nSPS) is 20.6. The smallest absolute Gasteiger partial charge is 0.406 e. The number of rotatable bonds is 6. The first kappa shape index (κ1) is 21.1. The number of carbonyl (C=O) groups excluding carboxylic acids is 3. The molecule has 1 aromatic carbocycles. The van der Waals surface area contributed by atoms with Gasteiger partial charge in [-0.2, -0.15) is 0 Å². The number of halogens is 3. The maximum absolute atomic E-state index is 12.4. The van der Waals surface area contributed by atoms with E-state index in [1.165, 1.54) is 23.9 Å². The van der Waals surface area contributed by atoms with Gasteiger partial charge in [-0.15, -0.1) is 24.9 Å². The average Bonchev–Trinajstić information content (AvgIpc) is 2.59. The molecule has 6 nitrogen and oxygen atoms in total. The van der Waals surface area contributed by atoms with Crippen molar-refractivity contribution in [1.82, 2.24) is 4.90 Å². The van der Waals surface area contributed by atoms with Crippen LogP contribution in [-0.2, 0) is 14.4 Å². The monoisotopic (exact) mass is 404 g/mol. The van der Waals surface area contributed by atoms with Gasteiger partial charge in [-0.25, -0.2) is 0 Å². The van der Waals surface area contributed by atoms with Crippen LogP contribution in [0.5, 0.6) is 5.75 Å². The maximum atomic E-state index is 12.4. The fraction of sp³-hybridized carbons (Fsp3) is 0.471. The minimum absolute atomic E-state index is 0.222. The fourth-order valence-electron chi connectivity index (χ4n) is 2.55. The van der Waals surface area contributed by atoms with E-state index in [1.54, 1.807) is 0 Å². The van der Waals surface area contributed by atoms with Crippen molar-refractivity contribution in [2.75, 3.05) is 11.9 Å². The van der Waals surface area contributed by atoms with Gasteiger partial charge in [-0.05, 0) is 37.1 Å². The highest BCUT2D eigenvalue weighted by Gasteiger charge is 2.40. The number of nitrogens with one attached hydrogen (secondary N) is 1. The number of imide groups is 1. The molecule has 0 radical (unpaired) electrons. The van der Waals surface area contributed by atoms with Crippen molar-refractivity contribution in [3.05, 3.63) is 24.3 Å². The summed E-state index contributed by atoms with van der Waals surface area (Å²) in [4.78, 5) is 37.9. The minimum Gasteiger partial charge on any atom is -0.406 e. The van der Waals surface area contributed by atoms with Crippen molar-refractivity contribution in [3.63, 3.8) is 0 Å². The van der Waals surface area contributed by atoms with E-state index in [0.717, 1.165) is 17.0 Å². The summed E-state index contributed by atoms with van der Waals surface area (Å²) in [6.45, 7) is 3.23. The van der Waals surface area contributed by atoms with Crippen LogP contribution < -0.4 is 10.1 Å². The zero-order chi connectivity index (χ0) is 20.2. The molecule has 1 heterocycles. The number of ether oxygens (including phenoxy) is 1. The molecule has 0 aromatic heterocycles. The van der Waals surface area contributed by atoms with Crippen LogP contribution in [-0.4, -0.2) is 46.0 Å². The summed E-state index contributed by atoms with van der Waals surface area (Å²) in [5.41, 5.74) is 0.222. The van der Waals surface area contributed by atoms with Gasteiger partial charge < -0.3 is 10.1 Å². The molecule has 0 unspecified atom stereocenters. The Bertz CT molecular complexity index is 687. The molecule has 27 heavy (non-hydrogen) atoms. The molecule has 0 bridgehead atoms. The standard InChI is InChI=1S/C17H19F3N2O4S/c1-3-12-15(24)22(16(25)13(4-2)27-12)9-14(23)21-10-5-7-11(8-6-10)26-17(18,19)20/h5-8,12-13H,3-4,9H2,1-2H3,(H,21,23)/t12-,13+. The van der Waals surface area contributed by atoms with E-state index >= 15 is 0 Å². The molecule has 2 rings (SSSR count). The Hall–Kier alpha value is -2.23. The van der Waals surface area contributed by atoms with Crippen LogP contribution in [0.2, 0.25) is 0 Å². The third kappa shape index (κ3) is 5.62. The number of nitrogens with zero attached hydrogens (tertiary/aromatic N) is 1. The molecule has 1 N–H and O–H groups in total. The van der Waals surface area contributed by atoms with Gasteiger partial charge in [-0.3, -0.25) is 19.3 Å². The lowest BCUT2D eigenvalue weighted by Gasteiger charge is -2.34. The highest BCUT2D eigenvalue weighted by Crippen LogP contribution is 2.31. The number of hydrogen-bond donors (Lipinski definition) is 1. The van der Waals surface area contributed by atoms with Crippen molar-refractivity contribution < 1.29 is 32.3 Å². The highest BCUT2D eigenvalue weighted by molar-refractivity contribution is 8.02. The summed E-state index contributed by atoms with van der Waals surface area (Å²) in [7, 11) is 0. The van der Waals surface area contributed by atoms with Crippen molar-refractivity contribution in [3.8, 4) is 5.75 Å². The molecule has 0 saturated carbocycles. The van der Waals surface area contributed by atoms with Crippen LogP contribution in [0, 0.1) is 0 Å². The molecular formula is C17H19F3N2O4S. The topological polar surface area (TPSA) is 75.7 Å². The number of hydrogen-bond acceptors (Lipinski definition) is 5. The van der Waals surface area contributed by atoms with E-state index in [2.05, 4.69) is 10.1 Å². The molecule has 0 aliphatic carbocycles. The summed E-state index contributed by atoms with van der Waals surface area (Å²) in [6.07, 6.45) is -3.71. The third-order valence-electron chi connectivity index (χ3n) is 3.83. The van der Waals surface area contributed by atoms with E-state index in [0.29, 0.717) is 12.8 Å². The summed E-state index contributed by atoms with van der Waals surface area (Å²) in [6, 6.07) is 4.57. The molecule has 148 valence electrons. The van der Waals surface area contributed by atoms with Crippen LogP contribution in [0.4, 0.5) is 18.9 Å². The maximum Gasteiger partial charge on any atom is 0.573 e. The van der Waals surface area contributed by atoms with Gasteiger partial charge in [0.25, 0.3) is 0 Å². The van der Waals surface area contributed by atoms with E-state index in [9.17, 15) is 27.6 Å². The van der Waals surface area contributed by atoms with Crippen LogP contribution >= 0.6 is 11.8 Å². The van der Waals surface area contributed by atoms with Gasteiger partial charge in [-0.1, -0.05) is 13.8 Å². The van der Waals surface area contributed by atoms with Crippen molar-refractivity contribution in [2.24, 2.45) is 0 Å².